The highest BCUT2D eigenvalue weighted by atomic mass is 16.1. The van der Waals surface area contributed by atoms with Crippen molar-refractivity contribution in [2.24, 2.45) is 0 Å². The molecule has 0 bridgehead atoms. The molecule has 1 spiro atoms. The third kappa shape index (κ3) is 2.46. The number of hydrogen-bond donors (Lipinski definition) is 1. The molecule has 118 valence electrons. The van der Waals surface area contributed by atoms with Crippen LogP contribution in [0.4, 0.5) is 11.6 Å². The molecule has 1 aromatic heterocycles. The van der Waals surface area contributed by atoms with Crippen molar-refractivity contribution < 1.29 is 4.79 Å². The van der Waals surface area contributed by atoms with E-state index < -0.39 is 0 Å². The first kappa shape index (κ1) is 14.2. The Morgan fingerprint density at radius 3 is 2.57 bits per heavy atom. The fourth-order valence-electron chi connectivity index (χ4n) is 3.78. The normalized spacial score (nSPS) is 19.3. The molecule has 1 fully saturated rings. The molecule has 4 rings (SSSR count). The average molecular weight is 308 g/mol. The summed E-state index contributed by atoms with van der Waals surface area (Å²) in [7, 11) is 0. The van der Waals surface area contributed by atoms with Crippen LogP contribution in [0.2, 0.25) is 0 Å². The maximum absolute atomic E-state index is 12.1. The third-order valence-electron chi connectivity index (χ3n) is 5.04. The van der Waals surface area contributed by atoms with Gasteiger partial charge in [0, 0.05) is 43.0 Å². The van der Waals surface area contributed by atoms with Crippen LogP contribution in [0.3, 0.4) is 0 Å². The van der Waals surface area contributed by atoms with Crippen molar-refractivity contribution in [2.75, 3.05) is 23.3 Å². The van der Waals surface area contributed by atoms with E-state index in [1.807, 2.05) is 31.5 Å². The van der Waals surface area contributed by atoms with Gasteiger partial charge < -0.3 is 10.2 Å². The summed E-state index contributed by atoms with van der Waals surface area (Å²) in [4.78, 5) is 23.2. The molecule has 0 saturated carbocycles. The zero-order valence-corrected chi connectivity index (χ0v) is 13.2. The topological polar surface area (TPSA) is 58.1 Å². The fraction of sp³-hybridized carbons (Fsp3) is 0.389. The summed E-state index contributed by atoms with van der Waals surface area (Å²) in [6.45, 7) is 3.75. The van der Waals surface area contributed by atoms with Gasteiger partial charge in [0.15, 0.2) is 0 Å². The molecule has 1 saturated heterocycles. The second-order valence-corrected chi connectivity index (χ2v) is 6.60. The van der Waals surface area contributed by atoms with Crippen molar-refractivity contribution in [3.05, 3.63) is 47.8 Å². The fourth-order valence-corrected chi connectivity index (χ4v) is 3.78. The minimum atomic E-state index is -0.0415. The zero-order chi connectivity index (χ0) is 15.9. The summed E-state index contributed by atoms with van der Waals surface area (Å²) in [5.41, 5.74) is 3.29. The number of nitrogens with one attached hydrogen (secondary N) is 1. The van der Waals surface area contributed by atoms with Crippen molar-refractivity contribution in [3.63, 3.8) is 0 Å². The summed E-state index contributed by atoms with van der Waals surface area (Å²) >= 11 is 0. The summed E-state index contributed by atoms with van der Waals surface area (Å²) in [5.74, 6) is 0.919. The minimum Gasteiger partial charge on any atom is -0.341 e. The molecule has 0 unspecified atom stereocenters. The van der Waals surface area contributed by atoms with Crippen molar-refractivity contribution in [2.45, 2.75) is 31.6 Å². The first-order valence-corrected chi connectivity index (χ1v) is 8.09. The molecule has 5 nitrogen and oxygen atoms in total. The molecular formula is C18H20N4O. The molecule has 0 aliphatic carbocycles. The number of piperidine rings is 1. The van der Waals surface area contributed by atoms with E-state index in [9.17, 15) is 4.79 Å². The van der Waals surface area contributed by atoms with E-state index in [4.69, 9.17) is 0 Å². The van der Waals surface area contributed by atoms with E-state index >= 15 is 0 Å². The number of fused-ring (bicyclic) bond motifs is 2. The van der Waals surface area contributed by atoms with E-state index in [0.717, 1.165) is 43.1 Å². The number of aromatic nitrogens is 2. The smallest absolute Gasteiger partial charge is 0.225 e. The van der Waals surface area contributed by atoms with E-state index in [0.29, 0.717) is 6.42 Å². The lowest BCUT2D eigenvalue weighted by atomic mass is 9.68. The van der Waals surface area contributed by atoms with Crippen LogP contribution in [-0.2, 0) is 10.2 Å². The number of aryl methyl sites for hydroxylation is 1. The highest BCUT2D eigenvalue weighted by molar-refractivity contribution is 5.95. The van der Waals surface area contributed by atoms with Crippen LogP contribution in [0.25, 0.3) is 0 Å². The van der Waals surface area contributed by atoms with E-state index in [2.05, 4.69) is 32.3 Å². The predicted molar refractivity (Wildman–Crippen MR) is 89.6 cm³/mol. The lowest BCUT2D eigenvalue weighted by Crippen LogP contribution is -2.47. The Hall–Kier alpha value is -2.43. The number of carbonyl (C=O) groups excluding carboxylic acids is 1. The molecule has 1 amide bonds. The van der Waals surface area contributed by atoms with E-state index in [1.54, 1.807) is 0 Å². The first-order valence-electron chi connectivity index (χ1n) is 8.09. The SMILES string of the molecule is Cc1cnc(N2CCC3(CC2)CC(=O)Nc2ccccc23)nc1. The van der Waals surface area contributed by atoms with Crippen LogP contribution in [-0.4, -0.2) is 29.0 Å². The summed E-state index contributed by atoms with van der Waals surface area (Å²) in [6, 6.07) is 8.21. The third-order valence-corrected chi connectivity index (χ3v) is 5.04. The zero-order valence-electron chi connectivity index (χ0n) is 13.2. The number of carbonyl (C=O) groups is 1. The Morgan fingerprint density at radius 1 is 1.13 bits per heavy atom. The van der Waals surface area contributed by atoms with Gasteiger partial charge in [0.25, 0.3) is 0 Å². The summed E-state index contributed by atoms with van der Waals surface area (Å²) < 4.78 is 0. The van der Waals surface area contributed by atoms with Gasteiger partial charge >= 0.3 is 0 Å². The molecule has 0 radical (unpaired) electrons. The molecule has 2 aliphatic heterocycles. The molecule has 23 heavy (non-hydrogen) atoms. The maximum atomic E-state index is 12.1. The predicted octanol–water partition coefficient (Wildman–Crippen LogP) is 2.67. The number of amides is 1. The highest BCUT2D eigenvalue weighted by Gasteiger charge is 2.42. The van der Waals surface area contributed by atoms with Crippen LogP contribution in [0.15, 0.2) is 36.7 Å². The second kappa shape index (κ2) is 5.33. The second-order valence-electron chi connectivity index (χ2n) is 6.60. The van der Waals surface area contributed by atoms with Gasteiger partial charge in [-0.3, -0.25) is 4.79 Å². The molecular weight excluding hydrogens is 288 g/mol. The lowest BCUT2D eigenvalue weighted by Gasteiger charge is -2.44. The lowest BCUT2D eigenvalue weighted by molar-refractivity contribution is -0.118. The molecule has 2 aromatic rings. The van der Waals surface area contributed by atoms with Gasteiger partial charge in [-0.15, -0.1) is 0 Å². The minimum absolute atomic E-state index is 0.0415. The number of nitrogens with zero attached hydrogens (tertiary/aromatic N) is 3. The number of benzene rings is 1. The van der Waals surface area contributed by atoms with Crippen molar-refractivity contribution in [1.82, 2.24) is 9.97 Å². The van der Waals surface area contributed by atoms with Gasteiger partial charge in [0.1, 0.15) is 0 Å². The Labute approximate surface area is 135 Å². The van der Waals surface area contributed by atoms with Crippen LogP contribution in [0, 0.1) is 6.92 Å². The van der Waals surface area contributed by atoms with Gasteiger partial charge in [-0.25, -0.2) is 9.97 Å². The van der Waals surface area contributed by atoms with Crippen LogP contribution >= 0.6 is 0 Å². The average Bonchev–Trinajstić information content (AvgIpc) is 2.56. The number of para-hydroxylation sites is 1. The summed E-state index contributed by atoms with van der Waals surface area (Å²) in [5, 5.41) is 3.00. The molecule has 3 heterocycles. The maximum Gasteiger partial charge on any atom is 0.225 e. The highest BCUT2D eigenvalue weighted by Crippen LogP contribution is 2.45. The van der Waals surface area contributed by atoms with Gasteiger partial charge in [-0.1, -0.05) is 18.2 Å². The van der Waals surface area contributed by atoms with Crippen molar-refractivity contribution >= 4 is 17.5 Å². The monoisotopic (exact) mass is 308 g/mol. The molecule has 0 atom stereocenters. The van der Waals surface area contributed by atoms with E-state index in [1.165, 1.54) is 5.56 Å². The van der Waals surface area contributed by atoms with Crippen molar-refractivity contribution in [1.29, 1.82) is 0 Å². The van der Waals surface area contributed by atoms with Crippen molar-refractivity contribution in [3.8, 4) is 0 Å². The van der Waals surface area contributed by atoms with Gasteiger partial charge in [-0.05, 0) is 37.0 Å². The summed E-state index contributed by atoms with van der Waals surface area (Å²) in [6.07, 6.45) is 6.20. The number of anilines is 2. The Kier molecular flexibility index (Phi) is 3.29. The van der Waals surface area contributed by atoms with E-state index in [-0.39, 0.29) is 11.3 Å². The molecule has 5 heteroatoms. The standard InChI is InChI=1S/C18H20N4O/c1-13-11-19-17(20-12-13)22-8-6-18(7-9-22)10-16(23)21-15-5-3-2-4-14(15)18/h2-5,11-12H,6-10H2,1H3,(H,21,23). The van der Waals surface area contributed by atoms with Crippen LogP contribution < -0.4 is 10.2 Å². The van der Waals surface area contributed by atoms with Gasteiger partial charge in [0.2, 0.25) is 11.9 Å². The number of hydrogen-bond acceptors (Lipinski definition) is 4. The molecule has 1 N–H and O–H groups in total. The van der Waals surface area contributed by atoms with Crippen LogP contribution in [0.1, 0.15) is 30.4 Å². The Morgan fingerprint density at radius 2 is 1.83 bits per heavy atom. The van der Waals surface area contributed by atoms with Gasteiger partial charge in [-0.2, -0.15) is 0 Å². The quantitative estimate of drug-likeness (QED) is 0.880. The molecule has 2 aliphatic rings. The Bertz CT molecular complexity index is 733. The first-order chi connectivity index (χ1) is 11.2. The molecule has 1 aromatic carbocycles. The Balaban J connectivity index is 1.59. The van der Waals surface area contributed by atoms with Gasteiger partial charge in [0.05, 0.1) is 0 Å². The largest absolute Gasteiger partial charge is 0.341 e. The van der Waals surface area contributed by atoms with Crippen LogP contribution in [0.5, 0.6) is 0 Å². The number of rotatable bonds is 1.